The molecule has 0 radical (unpaired) electrons. The lowest BCUT2D eigenvalue weighted by Gasteiger charge is -2.20. The first-order chi connectivity index (χ1) is 9.08. The summed E-state index contributed by atoms with van der Waals surface area (Å²) in [6.07, 6.45) is 2.31. The van der Waals surface area contributed by atoms with Crippen molar-refractivity contribution in [2.45, 2.75) is 32.7 Å². The van der Waals surface area contributed by atoms with Gasteiger partial charge in [0.2, 0.25) is 0 Å². The predicted molar refractivity (Wildman–Crippen MR) is 76.0 cm³/mol. The Balaban J connectivity index is 1.81. The number of hydrogen-bond donors (Lipinski definition) is 1. The minimum Gasteiger partial charge on any atom is -0.338 e. The SMILES string of the molecule is Cc1cccc(C(=O)N2C[C@@H]3CC[C@@H](N)[C@@H]3C2)c1C. The third-order valence-corrected chi connectivity index (χ3v) is 5.03. The van der Waals surface area contributed by atoms with Gasteiger partial charge in [-0.15, -0.1) is 0 Å². The molecule has 0 spiro atoms. The Labute approximate surface area is 114 Å². The third kappa shape index (κ3) is 2.06. The van der Waals surface area contributed by atoms with Gasteiger partial charge in [0.15, 0.2) is 0 Å². The van der Waals surface area contributed by atoms with Crippen molar-refractivity contribution in [3.63, 3.8) is 0 Å². The molecule has 2 aliphatic rings. The van der Waals surface area contributed by atoms with Gasteiger partial charge in [-0.1, -0.05) is 12.1 Å². The van der Waals surface area contributed by atoms with Crippen LogP contribution in [0.1, 0.15) is 34.3 Å². The normalized spacial score (nSPS) is 29.6. The number of carbonyl (C=O) groups excluding carboxylic acids is 1. The molecule has 1 aromatic rings. The maximum Gasteiger partial charge on any atom is 0.254 e. The van der Waals surface area contributed by atoms with Crippen LogP contribution in [-0.2, 0) is 0 Å². The van der Waals surface area contributed by atoms with Crippen LogP contribution in [0, 0.1) is 25.7 Å². The molecule has 1 aliphatic heterocycles. The van der Waals surface area contributed by atoms with Gasteiger partial charge in [0.05, 0.1) is 0 Å². The van der Waals surface area contributed by atoms with Crippen LogP contribution in [0.3, 0.4) is 0 Å². The summed E-state index contributed by atoms with van der Waals surface area (Å²) in [7, 11) is 0. The van der Waals surface area contributed by atoms with Gasteiger partial charge in [-0.25, -0.2) is 0 Å². The average Bonchev–Trinajstić information content (AvgIpc) is 2.95. The van der Waals surface area contributed by atoms with E-state index in [2.05, 4.69) is 13.0 Å². The largest absolute Gasteiger partial charge is 0.338 e. The minimum atomic E-state index is 0.183. The summed E-state index contributed by atoms with van der Waals surface area (Å²) < 4.78 is 0. The molecule has 3 heteroatoms. The molecule has 1 heterocycles. The predicted octanol–water partition coefficient (Wildman–Crippen LogP) is 2.11. The number of nitrogens with two attached hydrogens (primary N) is 1. The lowest BCUT2D eigenvalue weighted by Crippen LogP contribution is -2.33. The topological polar surface area (TPSA) is 46.3 Å². The number of aryl methyl sites for hydroxylation is 1. The van der Waals surface area contributed by atoms with Crippen molar-refractivity contribution < 1.29 is 4.79 Å². The fraction of sp³-hybridized carbons (Fsp3) is 0.562. The van der Waals surface area contributed by atoms with Gasteiger partial charge >= 0.3 is 0 Å². The summed E-state index contributed by atoms with van der Waals surface area (Å²) in [6, 6.07) is 6.26. The standard InChI is InChI=1S/C16H22N2O/c1-10-4-3-5-13(11(10)2)16(19)18-8-12-6-7-15(17)14(12)9-18/h3-5,12,14-15H,6-9,17H2,1-2H3/t12-,14+,15+/m0/s1. The second kappa shape index (κ2) is 4.64. The highest BCUT2D eigenvalue weighted by atomic mass is 16.2. The summed E-state index contributed by atoms with van der Waals surface area (Å²) in [5, 5.41) is 0. The van der Waals surface area contributed by atoms with E-state index in [1.807, 2.05) is 24.0 Å². The summed E-state index contributed by atoms with van der Waals surface area (Å²) in [4.78, 5) is 14.7. The molecule has 0 unspecified atom stereocenters. The number of nitrogens with zero attached hydrogens (tertiary/aromatic N) is 1. The average molecular weight is 258 g/mol. The van der Waals surface area contributed by atoms with E-state index in [-0.39, 0.29) is 5.91 Å². The van der Waals surface area contributed by atoms with Crippen molar-refractivity contribution in [1.29, 1.82) is 0 Å². The van der Waals surface area contributed by atoms with Gasteiger partial charge in [0, 0.05) is 24.7 Å². The molecule has 1 saturated carbocycles. The van der Waals surface area contributed by atoms with E-state index in [0.717, 1.165) is 30.6 Å². The van der Waals surface area contributed by atoms with Crippen molar-refractivity contribution in [3.8, 4) is 0 Å². The molecule has 3 nitrogen and oxygen atoms in total. The molecular formula is C16H22N2O. The van der Waals surface area contributed by atoms with Crippen molar-refractivity contribution in [3.05, 3.63) is 34.9 Å². The van der Waals surface area contributed by atoms with Gasteiger partial charge < -0.3 is 10.6 Å². The van der Waals surface area contributed by atoms with Crippen molar-refractivity contribution in [2.75, 3.05) is 13.1 Å². The maximum absolute atomic E-state index is 12.6. The van der Waals surface area contributed by atoms with Crippen LogP contribution in [0.2, 0.25) is 0 Å². The molecule has 2 N–H and O–H groups in total. The molecule has 2 fully saturated rings. The highest BCUT2D eigenvalue weighted by Crippen LogP contribution is 2.37. The highest BCUT2D eigenvalue weighted by molar-refractivity contribution is 5.96. The first-order valence-electron chi connectivity index (χ1n) is 7.19. The molecule has 1 saturated heterocycles. The highest BCUT2D eigenvalue weighted by Gasteiger charge is 2.42. The molecular weight excluding hydrogens is 236 g/mol. The zero-order valence-corrected chi connectivity index (χ0v) is 11.7. The van der Waals surface area contributed by atoms with Crippen LogP contribution >= 0.6 is 0 Å². The first-order valence-corrected chi connectivity index (χ1v) is 7.19. The third-order valence-electron chi connectivity index (χ3n) is 5.03. The zero-order valence-electron chi connectivity index (χ0n) is 11.7. The maximum atomic E-state index is 12.6. The first kappa shape index (κ1) is 12.7. The Morgan fingerprint density at radius 3 is 2.79 bits per heavy atom. The molecule has 3 atom stereocenters. The number of likely N-dealkylation sites (tertiary alicyclic amines) is 1. The van der Waals surface area contributed by atoms with E-state index in [0.29, 0.717) is 17.9 Å². The smallest absolute Gasteiger partial charge is 0.254 e. The molecule has 3 rings (SSSR count). The van der Waals surface area contributed by atoms with Crippen LogP contribution in [0.4, 0.5) is 0 Å². The number of amides is 1. The molecule has 0 bridgehead atoms. The van der Waals surface area contributed by atoms with Crippen LogP contribution < -0.4 is 5.73 Å². The molecule has 19 heavy (non-hydrogen) atoms. The fourth-order valence-corrected chi connectivity index (χ4v) is 3.63. The lowest BCUT2D eigenvalue weighted by molar-refractivity contribution is 0.0779. The van der Waals surface area contributed by atoms with Crippen molar-refractivity contribution in [2.24, 2.45) is 17.6 Å². The molecule has 102 valence electrons. The number of hydrogen-bond acceptors (Lipinski definition) is 2. The molecule has 1 aromatic carbocycles. The summed E-state index contributed by atoms with van der Waals surface area (Å²) in [5.74, 6) is 1.33. The van der Waals surface area contributed by atoms with Gasteiger partial charge in [-0.3, -0.25) is 4.79 Å². The van der Waals surface area contributed by atoms with Gasteiger partial charge in [-0.05, 0) is 55.7 Å². The minimum absolute atomic E-state index is 0.183. The number of carbonyl (C=O) groups is 1. The Hall–Kier alpha value is -1.35. The Morgan fingerprint density at radius 2 is 2.05 bits per heavy atom. The monoisotopic (exact) mass is 258 g/mol. The van der Waals surface area contributed by atoms with Gasteiger partial charge in [0.1, 0.15) is 0 Å². The van der Waals surface area contributed by atoms with E-state index in [4.69, 9.17) is 5.73 Å². The van der Waals surface area contributed by atoms with Crippen LogP contribution in [0.25, 0.3) is 0 Å². The molecule has 1 aliphatic carbocycles. The quantitative estimate of drug-likeness (QED) is 0.838. The van der Waals surface area contributed by atoms with E-state index in [1.54, 1.807) is 0 Å². The summed E-state index contributed by atoms with van der Waals surface area (Å²) in [6.45, 7) is 5.83. The van der Waals surface area contributed by atoms with Crippen LogP contribution in [0.15, 0.2) is 18.2 Å². The lowest BCUT2D eigenvalue weighted by atomic mass is 9.98. The zero-order chi connectivity index (χ0) is 13.6. The summed E-state index contributed by atoms with van der Waals surface area (Å²) >= 11 is 0. The van der Waals surface area contributed by atoms with Gasteiger partial charge in [-0.2, -0.15) is 0 Å². The van der Waals surface area contributed by atoms with Crippen molar-refractivity contribution in [1.82, 2.24) is 4.90 Å². The van der Waals surface area contributed by atoms with E-state index in [9.17, 15) is 4.79 Å². The number of fused-ring (bicyclic) bond motifs is 1. The fourth-order valence-electron chi connectivity index (χ4n) is 3.63. The Kier molecular flexibility index (Phi) is 3.09. The van der Waals surface area contributed by atoms with Gasteiger partial charge in [0.25, 0.3) is 5.91 Å². The number of rotatable bonds is 1. The van der Waals surface area contributed by atoms with E-state index in [1.165, 1.54) is 12.0 Å². The number of benzene rings is 1. The van der Waals surface area contributed by atoms with Crippen LogP contribution in [-0.4, -0.2) is 29.9 Å². The Morgan fingerprint density at radius 1 is 1.26 bits per heavy atom. The van der Waals surface area contributed by atoms with E-state index < -0.39 is 0 Å². The molecule has 1 amide bonds. The Bertz CT molecular complexity index is 511. The second-order valence-corrected chi connectivity index (χ2v) is 6.12. The second-order valence-electron chi connectivity index (χ2n) is 6.12. The molecule has 0 aromatic heterocycles. The van der Waals surface area contributed by atoms with Crippen molar-refractivity contribution >= 4 is 5.91 Å². The van der Waals surface area contributed by atoms with E-state index >= 15 is 0 Å². The summed E-state index contributed by atoms with van der Waals surface area (Å²) in [5.41, 5.74) is 9.28. The van der Waals surface area contributed by atoms with Crippen LogP contribution in [0.5, 0.6) is 0 Å².